The van der Waals surface area contributed by atoms with E-state index >= 15 is 0 Å². The van der Waals surface area contributed by atoms with Crippen molar-refractivity contribution in [3.63, 3.8) is 0 Å². The lowest BCUT2D eigenvalue weighted by Gasteiger charge is -2.20. The Morgan fingerprint density at radius 3 is 2.76 bits per heavy atom. The van der Waals surface area contributed by atoms with Crippen LogP contribution in [0.25, 0.3) is 0 Å². The summed E-state index contributed by atoms with van der Waals surface area (Å²) in [5.74, 6) is 0.737. The first-order valence-electron chi connectivity index (χ1n) is 7.43. The van der Waals surface area contributed by atoms with Crippen LogP contribution in [0.1, 0.15) is 25.3 Å². The van der Waals surface area contributed by atoms with E-state index in [1.165, 1.54) is 0 Å². The molecule has 0 aliphatic carbocycles. The zero-order valence-corrected chi connectivity index (χ0v) is 13.0. The number of nitrogens with one attached hydrogen (secondary N) is 1. The standard InChI is InChI=1S/C16H26N2O3/c1-3-4-9-18(10-11-19)13-16(20)17-12-14-7-5-6-8-15(14)21-2/h5-8,19H,3-4,9-13H2,1-2H3,(H,17,20). The molecular weight excluding hydrogens is 268 g/mol. The van der Waals surface area contributed by atoms with Crippen LogP contribution in [-0.2, 0) is 11.3 Å². The molecule has 118 valence electrons. The average Bonchev–Trinajstić information content (AvgIpc) is 2.51. The molecular formula is C16H26N2O3. The van der Waals surface area contributed by atoms with Gasteiger partial charge in [-0.3, -0.25) is 9.69 Å². The number of ether oxygens (including phenoxy) is 1. The fourth-order valence-electron chi connectivity index (χ4n) is 2.09. The summed E-state index contributed by atoms with van der Waals surface area (Å²) in [4.78, 5) is 14.0. The molecule has 0 heterocycles. The van der Waals surface area contributed by atoms with Crippen molar-refractivity contribution in [1.29, 1.82) is 0 Å². The van der Waals surface area contributed by atoms with Crippen molar-refractivity contribution in [3.8, 4) is 5.75 Å². The Hall–Kier alpha value is -1.59. The second kappa shape index (κ2) is 10.2. The van der Waals surface area contributed by atoms with Crippen LogP contribution in [-0.4, -0.2) is 49.3 Å². The molecule has 0 aromatic heterocycles. The summed E-state index contributed by atoms with van der Waals surface area (Å²) in [6.07, 6.45) is 2.10. The van der Waals surface area contributed by atoms with Gasteiger partial charge in [0.15, 0.2) is 0 Å². The van der Waals surface area contributed by atoms with Crippen LogP contribution >= 0.6 is 0 Å². The van der Waals surface area contributed by atoms with E-state index < -0.39 is 0 Å². The quantitative estimate of drug-likeness (QED) is 0.685. The molecule has 0 aliphatic heterocycles. The number of aliphatic hydroxyl groups is 1. The van der Waals surface area contributed by atoms with Crippen LogP contribution in [0, 0.1) is 0 Å². The SMILES string of the molecule is CCCCN(CCO)CC(=O)NCc1ccccc1OC. The Kier molecular flexibility index (Phi) is 8.47. The fraction of sp³-hybridized carbons (Fsp3) is 0.562. The van der Waals surface area contributed by atoms with Gasteiger partial charge in [0.1, 0.15) is 5.75 Å². The van der Waals surface area contributed by atoms with E-state index in [1.807, 2.05) is 29.2 Å². The molecule has 0 unspecified atom stereocenters. The van der Waals surface area contributed by atoms with Gasteiger partial charge in [0, 0.05) is 18.7 Å². The molecule has 1 rings (SSSR count). The lowest BCUT2D eigenvalue weighted by Crippen LogP contribution is -2.38. The first-order valence-corrected chi connectivity index (χ1v) is 7.43. The number of carbonyl (C=O) groups is 1. The van der Waals surface area contributed by atoms with Crippen molar-refractivity contribution >= 4 is 5.91 Å². The van der Waals surface area contributed by atoms with Crippen LogP contribution in [0.3, 0.4) is 0 Å². The van der Waals surface area contributed by atoms with Gasteiger partial charge in [-0.2, -0.15) is 0 Å². The highest BCUT2D eigenvalue weighted by atomic mass is 16.5. The molecule has 1 amide bonds. The third kappa shape index (κ3) is 6.60. The van der Waals surface area contributed by atoms with Gasteiger partial charge in [0.05, 0.1) is 20.3 Å². The maximum Gasteiger partial charge on any atom is 0.234 e. The minimum atomic E-state index is -0.0366. The minimum absolute atomic E-state index is 0.0366. The number of rotatable bonds is 10. The normalized spacial score (nSPS) is 10.7. The molecule has 1 aromatic carbocycles. The minimum Gasteiger partial charge on any atom is -0.496 e. The number of hydrogen-bond acceptors (Lipinski definition) is 4. The van der Waals surface area contributed by atoms with E-state index in [0.29, 0.717) is 19.6 Å². The summed E-state index contributed by atoms with van der Waals surface area (Å²) in [5, 5.41) is 11.9. The molecule has 0 saturated heterocycles. The molecule has 1 aromatic rings. The van der Waals surface area contributed by atoms with Crippen LogP contribution in [0.5, 0.6) is 5.75 Å². The van der Waals surface area contributed by atoms with Gasteiger partial charge < -0.3 is 15.2 Å². The number of amides is 1. The van der Waals surface area contributed by atoms with Gasteiger partial charge in [0.2, 0.25) is 5.91 Å². The summed E-state index contributed by atoms with van der Waals surface area (Å²) < 4.78 is 5.26. The lowest BCUT2D eigenvalue weighted by molar-refractivity contribution is -0.122. The summed E-state index contributed by atoms with van der Waals surface area (Å²) in [5.41, 5.74) is 0.954. The zero-order valence-electron chi connectivity index (χ0n) is 13.0. The first-order chi connectivity index (χ1) is 10.2. The van der Waals surface area contributed by atoms with E-state index in [2.05, 4.69) is 12.2 Å². The third-order valence-electron chi connectivity index (χ3n) is 3.28. The van der Waals surface area contributed by atoms with E-state index in [-0.39, 0.29) is 12.5 Å². The Morgan fingerprint density at radius 2 is 2.10 bits per heavy atom. The third-order valence-corrected chi connectivity index (χ3v) is 3.28. The van der Waals surface area contributed by atoms with Crippen LogP contribution < -0.4 is 10.1 Å². The number of aliphatic hydroxyl groups excluding tert-OH is 1. The number of nitrogens with zero attached hydrogens (tertiary/aromatic N) is 1. The highest BCUT2D eigenvalue weighted by Crippen LogP contribution is 2.16. The molecule has 0 aliphatic rings. The molecule has 0 atom stereocenters. The lowest BCUT2D eigenvalue weighted by atomic mass is 10.2. The van der Waals surface area contributed by atoms with Crippen molar-refractivity contribution in [2.75, 3.05) is 33.4 Å². The summed E-state index contributed by atoms with van der Waals surface area (Å²) in [6.45, 7) is 4.31. The van der Waals surface area contributed by atoms with Crippen molar-refractivity contribution in [2.24, 2.45) is 0 Å². The molecule has 2 N–H and O–H groups in total. The van der Waals surface area contributed by atoms with Crippen LogP contribution in [0.15, 0.2) is 24.3 Å². The maximum atomic E-state index is 12.0. The smallest absolute Gasteiger partial charge is 0.234 e. The van der Waals surface area contributed by atoms with Crippen molar-refractivity contribution in [2.45, 2.75) is 26.3 Å². The number of benzene rings is 1. The highest BCUT2D eigenvalue weighted by molar-refractivity contribution is 5.78. The number of unbranched alkanes of at least 4 members (excludes halogenated alkanes) is 1. The van der Waals surface area contributed by atoms with Gasteiger partial charge in [-0.05, 0) is 19.0 Å². The summed E-state index contributed by atoms with van der Waals surface area (Å²) in [7, 11) is 1.62. The molecule has 21 heavy (non-hydrogen) atoms. The number of methoxy groups -OCH3 is 1. The zero-order chi connectivity index (χ0) is 15.5. The van der Waals surface area contributed by atoms with E-state index in [0.717, 1.165) is 30.7 Å². The van der Waals surface area contributed by atoms with Gasteiger partial charge >= 0.3 is 0 Å². The molecule has 5 heteroatoms. The van der Waals surface area contributed by atoms with Crippen LogP contribution in [0.4, 0.5) is 0 Å². The maximum absolute atomic E-state index is 12.0. The Labute approximate surface area is 126 Å². The largest absolute Gasteiger partial charge is 0.496 e. The molecule has 0 bridgehead atoms. The number of hydrogen-bond donors (Lipinski definition) is 2. The Balaban J connectivity index is 2.44. The van der Waals surface area contributed by atoms with Crippen LogP contribution in [0.2, 0.25) is 0 Å². The van der Waals surface area contributed by atoms with E-state index in [4.69, 9.17) is 9.84 Å². The summed E-state index contributed by atoms with van der Waals surface area (Å²) in [6, 6.07) is 7.63. The topological polar surface area (TPSA) is 61.8 Å². The number of carbonyl (C=O) groups excluding carboxylic acids is 1. The van der Waals surface area contributed by atoms with Gasteiger partial charge in [-0.25, -0.2) is 0 Å². The van der Waals surface area contributed by atoms with Gasteiger partial charge in [-0.1, -0.05) is 31.5 Å². The summed E-state index contributed by atoms with van der Waals surface area (Å²) >= 11 is 0. The van der Waals surface area contributed by atoms with Crippen molar-refractivity contribution < 1.29 is 14.6 Å². The van der Waals surface area contributed by atoms with Gasteiger partial charge in [-0.15, -0.1) is 0 Å². The highest BCUT2D eigenvalue weighted by Gasteiger charge is 2.10. The van der Waals surface area contributed by atoms with E-state index in [1.54, 1.807) is 7.11 Å². The predicted octanol–water partition coefficient (Wildman–Crippen LogP) is 1.41. The predicted molar refractivity (Wildman–Crippen MR) is 83.3 cm³/mol. The molecule has 0 fully saturated rings. The number of para-hydroxylation sites is 1. The Bertz CT molecular complexity index is 424. The Morgan fingerprint density at radius 1 is 1.33 bits per heavy atom. The van der Waals surface area contributed by atoms with Crippen molar-refractivity contribution in [3.05, 3.63) is 29.8 Å². The van der Waals surface area contributed by atoms with E-state index in [9.17, 15) is 4.79 Å². The molecule has 5 nitrogen and oxygen atoms in total. The monoisotopic (exact) mass is 294 g/mol. The van der Waals surface area contributed by atoms with Crippen molar-refractivity contribution in [1.82, 2.24) is 10.2 Å². The van der Waals surface area contributed by atoms with Gasteiger partial charge in [0.25, 0.3) is 0 Å². The average molecular weight is 294 g/mol. The second-order valence-corrected chi connectivity index (χ2v) is 4.94. The first kappa shape index (κ1) is 17.5. The molecule has 0 spiro atoms. The molecule has 0 radical (unpaired) electrons. The second-order valence-electron chi connectivity index (χ2n) is 4.94. The fourth-order valence-corrected chi connectivity index (χ4v) is 2.09. The molecule has 0 saturated carbocycles.